The maximum atomic E-state index is 8.64. The molecule has 0 saturated carbocycles. The van der Waals surface area contributed by atoms with Crippen molar-refractivity contribution in [3.63, 3.8) is 0 Å². The van der Waals surface area contributed by atoms with Gasteiger partial charge in [0.25, 0.3) is 0 Å². The first-order valence-corrected chi connectivity index (χ1v) is 4.94. The van der Waals surface area contributed by atoms with Gasteiger partial charge in [-0.15, -0.1) is 0 Å². The van der Waals surface area contributed by atoms with E-state index >= 15 is 0 Å². The SMILES string of the molecule is Cc1cnc(-c2ccc(C#N)cn2)nc1Cl. The van der Waals surface area contributed by atoms with Crippen LogP contribution in [0.25, 0.3) is 11.5 Å². The molecule has 0 aliphatic carbocycles. The molecule has 4 nitrogen and oxygen atoms in total. The summed E-state index contributed by atoms with van der Waals surface area (Å²) in [6.45, 7) is 1.83. The second kappa shape index (κ2) is 4.25. The van der Waals surface area contributed by atoms with Crippen LogP contribution in [0.15, 0.2) is 24.5 Å². The Morgan fingerprint density at radius 3 is 2.62 bits per heavy atom. The zero-order valence-corrected chi connectivity index (χ0v) is 9.23. The Morgan fingerprint density at radius 2 is 2.06 bits per heavy atom. The Morgan fingerprint density at radius 1 is 1.25 bits per heavy atom. The monoisotopic (exact) mass is 230 g/mol. The van der Waals surface area contributed by atoms with Crippen LogP contribution >= 0.6 is 11.6 Å². The van der Waals surface area contributed by atoms with Gasteiger partial charge < -0.3 is 0 Å². The number of nitrogens with zero attached hydrogens (tertiary/aromatic N) is 4. The molecule has 0 aliphatic heterocycles. The van der Waals surface area contributed by atoms with Crippen LogP contribution in [0.2, 0.25) is 5.15 Å². The molecular weight excluding hydrogens is 224 g/mol. The molecule has 2 heterocycles. The van der Waals surface area contributed by atoms with Crippen molar-refractivity contribution in [3.05, 3.63) is 40.8 Å². The highest BCUT2D eigenvalue weighted by atomic mass is 35.5. The lowest BCUT2D eigenvalue weighted by Crippen LogP contribution is -1.93. The maximum Gasteiger partial charge on any atom is 0.179 e. The molecule has 0 saturated heterocycles. The van der Waals surface area contributed by atoms with Gasteiger partial charge in [-0.25, -0.2) is 9.97 Å². The van der Waals surface area contributed by atoms with Crippen LogP contribution in [0.1, 0.15) is 11.1 Å². The first kappa shape index (κ1) is 10.5. The van der Waals surface area contributed by atoms with E-state index in [9.17, 15) is 0 Å². The van der Waals surface area contributed by atoms with Crippen LogP contribution in [0.4, 0.5) is 0 Å². The fraction of sp³-hybridized carbons (Fsp3) is 0.0909. The molecule has 0 radical (unpaired) electrons. The topological polar surface area (TPSA) is 62.5 Å². The summed E-state index contributed by atoms with van der Waals surface area (Å²) in [6, 6.07) is 5.36. The van der Waals surface area contributed by atoms with Crippen molar-refractivity contribution in [2.24, 2.45) is 0 Å². The van der Waals surface area contributed by atoms with Crippen LogP contribution < -0.4 is 0 Å². The highest BCUT2D eigenvalue weighted by Gasteiger charge is 2.05. The first-order chi connectivity index (χ1) is 7.70. The highest BCUT2D eigenvalue weighted by Crippen LogP contribution is 2.16. The lowest BCUT2D eigenvalue weighted by atomic mass is 10.2. The number of pyridine rings is 1. The quantitative estimate of drug-likeness (QED) is 0.706. The molecule has 0 N–H and O–H groups in total. The molecule has 0 unspecified atom stereocenters. The Labute approximate surface area is 97.6 Å². The van der Waals surface area contributed by atoms with Crippen molar-refractivity contribution in [1.29, 1.82) is 5.26 Å². The van der Waals surface area contributed by atoms with Crippen molar-refractivity contribution in [3.8, 4) is 17.6 Å². The van der Waals surface area contributed by atoms with Gasteiger partial charge in [0.05, 0.1) is 5.56 Å². The number of hydrogen-bond acceptors (Lipinski definition) is 4. The van der Waals surface area contributed by atoms with Crippen molar-refractivity contribution < 1.29 is 0 Å². The van der Waals surface area contributed by atoms with Gasteiger partial charge in [-0.3, -0.25) is 4.98 Å². The van der Waals surface area contributed by atoms with Gasteiger partial charge in [-0.2, -0.15) is 5.26 Å². The molecule has 0 fully saturated rings. The summed E-state index contributed by atoms with van der Waals surface area (Å²) < 4.78 is 0. The highest BCUT2D eigenvalue weighted by molar-refractivity contribution is 6.30. The maximum absolute atomic E-state index is 8.64. The van der Waals surface area contributed by atoms with E-state index in [1.54, 1.807) is 18.3 Å². The lowest BCUT2D eigenvalue weighted by molar-refractivity contribution is 1.11. The van der Waals surface area contributed by atoms with E-state index < -0.39 is 0 Å². The van der Waals surface area contributed by atoms with Crippen LogP contribution in [0, 0.1) is 18.3 Å². The fourth-order valence-electron chi connectivity index (χ4n) is 1.14. The summed E-state index contributed by atoms with van der Waals surface area (Å²) >= 11 is 5.89. The number of hydrogen-bond donors (Lipinski definition) is 0. The average Bonchev–Trinajstić information content (AvgIpc) is 2.33. The Balaban J connectivity index is 2.43. The molecule has 0 amide bonds. The Bertz CT molecular complexity index is 557. The van der Waals surface area contributed by atoms with E-state index in [-0.39, 0.29) is 0 Å². The molecular formula is C11H7ClN4. The number of halogens is 1. The van der Waals surface area contributed by atoms with E-state index in [1.807, 2.05) is 13.0 Å². The smallest absolute Gasteiger partial charge is 0.179 e. The Hall–Kier alpha value is -1.99. The Kier molecular flexibility index (Phi) is 2.80. The number of nitriles is 1. The van der Waals surface area contributed by atoms with Crippen LogP contribution in [0.5, 0.6) is 0 Å². The summed E-state index contributed by atoms with van der Waals surface area (Å²) in [5.41, 5.74) is 1.92. The van der Waals surface area contributed by atoms with Crippen molar-refractivity contribution >= 4 is 11.6 Å². The third-order valence-electron chi connectivity index (χ3n) is 2.03. The van der Waals surface area contributed by atoms with Gasteiger partial charge in [-0.1, -0.05) is 11.6 Å². The van der Waals surface area contributed by atoms with E-state index in [0.717, 1.165) is 5.56 Å². The summed E-state index contributed by atoms with van der Waals surface area (Å²) in [6.07, 6.45) is 3.12. The van der Waals surface area contributed by atoms with Crippen LogP contribution in [0.3, 0.4) is 0 Å². The van der Waals surface area contributed by atoms with Gasteiger partial charge in [0.1, 0.15) is 16.9 Å². The number of rotatable bonds is 1. The number of aryl methyl sites for hydroxylation is 1. The molecule has 2 aromatic heterocycles. The number of aromatic nitrogens is 3. The summed E-state index contributed by atoms with van der Waals surface area (Å²) in [4.78, 5) is 12.3. The predicted octanol–water partition coefficient (Wildman–Crippen LogP) is 2.37. The van der Waals surface area contributed by atoms with Gasteiger partial charge in [-0.05, 0) is 19.1 Å². The van der Waals surface area contributed by atoms with E-state index in [1.165, 1.54) is 6.20 Å². The molecule has 0 bridgehead atoms. The van der Waals surface area contributed by atoms with E-state index in [4.69, 9.17) is 16.9 Å². The van der Waals surface area contributed by atoms with Gasteiger partial charge in [0.15, 0.2) is 5.82 Å². The van der Waals surface area contributed by atoms with Crippen molar-refractivity contribution in [2.75, 3.05) is 0 Å². The van der Waals surface area contributed by atoms with Gasteiger partial charge in [0, 0.05) is 18.0 Å². The van der Waals surface area contributed by atoms with Crippen molar-refractivity contribution in [2.45, 2.75) is 6.92 Å². The zero-order valence-electron chi connectivity index (χ0n) is 8.48. The predicted molar refractivity (Wildman–Crippen MR) is 59.7 cm³/mol. The molecule has 0 spiro atoms. The molecule has 78 valence electrons. The van der Waals surface area contributed by atoms with Crippen LogP contribution in [-0.4, -0.2) is 15.0 Å². The molecule has 0 atom stereocenters. The van der Waals surface area contributed by atoms with E-state index in [2.05, 4.69) is 15.0 Å². The van der Waals surface area contributed by atoms with E-state index in [0.29, 0.717) is 22.2 Å². The molecule has 0 aliphatic rings. The molecule has 2 aromatic rings. The molecule has 2 rings (SSSR count). The molecule has 16 heavy (non-hydrogen) atoms. The normalized spacial score (nSPS) is 9.81. The summed E-state index contributed by atoms with van der Waals surface area (Å²) in [5, 5.41) is 9.05. The zero-order chi connectivity index (χ0) is 11.5. The minimum absolute atomic E-state index is 0.413. The van der Waals surface area contributed by atoms with Gasteiger partial charge >= 0.3 is 0 Å². The first-order valence-electron chi connectivity index (χ1n) is 4.56. The average molecular weight is 231 g/mol. The summed E-state index contributed by atoms with van der Waals surface area (Å²) in [5.74, 6) is 0.458. The van der Waals surface area contributed by atoms with Crippen molar-refractivity contribution in [1.82, 2.24) is 15.0 Å². The van der Waals surface area contributed by atoms with Gasteiger partial charge in [0.2, 0.25) is 0 Å². The standard InChI is InChI=1S/C11H7ClN4/c1-7-5-15-11(16-10(7)12)9-3-2-8(4-13)6-14-9/h2-3,5-6H,1H3. The third-order valence-corrected chi connectivity index (χ3v) is 2.41. The fourth-order valence-corrected chi connectivity index (χ4v) is 1.27. The lowest BCUT2D eigenvalue weighted by Gasteiger charge is -2.01. The largest absolute Gasteiger partial charge is 0.252 e. The summed E-state index contributed by atoms with van der Waals surface area (Å²) in [7, 11) is 0. The third kappa shape index (κ3) is 2.00. The second-order valence-corrected chi connectivity index (χ2v) is 3.57. The molecule has 0 aromatic carbocycles. The molecule has 5 heteroatoms. The minimum atomic E-state index is 0.413. The second-order valence-electron chi connectivity index (χ2n) is 3.21. The minimum Gasteiger partial charge on any atom is -0.252 e. The van der Waals surface area contributed by atoms with Crippen LogP contribution in [-0.2, 0) is 0 Å².